The highest BCUT2D eigenvalue weighted by Crippen LogP contribution is 2.34. The van der Waals surface area contributed by atoms with Crippen molar-refractivity contribution >= 4 is 11.8 Å². The minimum atomic E-state index is -4.45. The quantitative estimate of drug-likeness (QED) is 0.620. The van der Waals surface area contributed by atoms with E-state index in [1.165, 1.54) is 19.2 Å². The van der Waals surface area contributed by atoms with E-state index in [1.807, 2.05) is 0 Å². The van der Waals surface area contributed by atoms with Gasteiger partial charge >= 0.3 is 12.1 Å². The summed E-state index contributed by atoms with van der Waals surface area (Å²) in [6, 6.07) is 4.68. The van der Waals surface area contributed by atoms with Gasteiger partial charge in [-0.1, -0.05) is 18.2 Å². The number of ether oxygens (including phenoxy) is 1. The first-order valence-electron chi connectivity index (χ1n) is 6.60. The van der Waals surface area contributed by atoms with Crippen LogP contribution in [0.2, 0.25) is 0 Å². The largest absolute Gasteiger partial charge is 0.468 e. The summed E-state index contributed by atoms with van der Waals surface area (Å²) in [5.74, 6) is -2.10. The number of esters is 1. The summed E-state index contributed by atoms with van der Waals surface area (Å²) >= 11 is 0. The van der Waals surface area contributed by atoms with Gasteiger partial charge in [-0.2, -0.15) is 13.2 Å². The average molecular weight is 300 g/mol. The van der Waals surface area contributed by atoms with Gasteiger partial charge in [-0.3, -0.25) is 9.59 Å². The van der Waals surface area contributed by atoms with Crippen LogP contribution >= 0.6 is 0 Å². The van der Waals surface area contributed by atoms with Crippen molar-refractivity contribution in [2.24, 2.45) is 11.8 Å². The third-order valence-corrected chi connectivity index (χ3v) is 3.50. The molecule has 0 amide bonds. The van der Waals surface area contributed by atoms with Gasteiger partial charge in [0.25, 0.3) is 0 Å². The van der Waals surface area contributed by atoms with E-state index < -0.39 is 23.6 Å². The Morgan fingerprint density at radius 3 is 2.52 bits per heavy atom. The zero-order valence-corrected chi connectivity index (χ0v) is 11.4. The second-order valence-corrected chi connectivity index (χ2v) is 5.15. The highest BCUT2D eigenvalue weighted by molar-refractivity contribution is 6.01. The van der Waals surface area contributed by atoms with Crippen LogP contribution in [0.1, 0.15) is 24.0 Å². The van der Waals surface area contributed by atoms with Crippen LogP contribution in [0.5, 0.6) is 0 Å². The Morgan fingerprint density at radius 1 is 1.33 bits per heavy atom. The molecule has 6 heteroatoms. The Bertz CT molecular complexity index is 547. The van der Waals surface area contributed by atoms with Crippen molar-refractivity contribution in [1.82, 2.24) is 0 Å². The molecule has 0 radical (unpaired) electrons. The number of carbonyl (C=O) groups is 2. The minimum Gasteiger partial charge on any atom is -0.468 e. The van der Waals surface area contributed by atoms with Crippen LogP contribution in [0.15, 0.2) is 24.3 Å². The molecule has 0 N–H and O–H groups in total. The molecule has 1 aliphatic carbocycles. The van der Waals surface area contributed by atoms with Gasteiger partial charge in [0.15, 0.2) is 5.78 Å². The van der Waals surface area contributed by atoms with Crippen molar-refractivity contribution in [2.45, 2.75) is 25.4 Å². The Labute approximate surface area is 120 Å². The molecule has 21 heavy (non-hydrogen) atoms. The number of alkyl halides is 3. The van der Waals surface area contributed by atoms with Crippen molar-refractivity contribution in [3.63, 3.8) is 0 Å². The lowest BCUT2D eigenvalue weighted by Crippen LogP contribution is -2.28. The number of benzene rings is 1. The average Bonchev–Trinajstić information content (AvgIpc) is 3.27. The van der Waals surface area contributed by atoms with Crippen molar-refractivity contribution in [1.29, 1.82) is 0 Å². The molecule has 1 fully saturated rings. The Morgan fingerprint density at radius 2 is 2.00 bits per heavy atom. The summed E-state index contributed by atoms with van der Waals surface area (Å²) in [5, 5.41) is 0. The molecule has 2 rings (SSSR count). The standard InChI is InChI=1S/C15H15F3O3/c1-21-14(20)12(13(19)10-5-6-10)8-9-3-2-4-11(7-9)15(16,17)18/h2-4,7,10,12H,5-6,8H2,1H3. The molecule has 114 valence electrons. The molecule has 1 saturated carbocycles. The maximum Gasteiger partial charge on any atom is 0.416 e. The third kappa shape index (κ3) is 3.83. The summed E-state index contributed by atoms with van der Waals surface area (Å²) in [6.07, 6.45) is -3.05. The van der Waals surface area contributed by atoms with Gasteiger partial charge in [0, 0.05) is 5.92 Å². The molecule has 0 aliphatic heterocycles. The van der Waals surface area contributed by atoms with E-state index in [-0.39, 0.29) is 18.1 Å². The topological polar surface area (TPSA) is 43.4 Å². The monoisotopic (exact) mass is 300 g/mol. The van der Waals surface area contributed by atoms with E-state index in [0.29, 0.717) is 5.56 Å². The van der Waals surface area contributed by atoms with Crippen LogP contribution < -0.4 is 0 Å². The van der Waals surface area contributed by atoms with E-state index in [9.17, 15) is 22.8 Å². The van der Waals surface area contributed by atoms with Crippen LogP contribution in [0, 0.1) is 11.8 Å². The highest BCUT2D eigenvalue weighted by atomic mass is 19.4. The molecule has 0 spiro atoms. The van der Waals surface area contributed by atoms with Gasteiger partial charge in [-0.15, -0.1) is 0 Å². The third-order valence-electron chi connectivity index (χ3n) is 3.50. The number of Topliss-reactive ketones (excluding diaryl/α,β-unsaturated/α-hetero) is 1. The smallest absolute Gasteiger partial charge is 0.416 e. The number of methoxy groups -OCH3 is 1. The predicted octanol–water partition coefficient (Wildman–Crippen LogP) is 3.02. The summed E-state index contributed by atoms with van der Waals surface area (Å²) < 4.78 is 42.6. The van der Waals surface area contributed by atoms with E-state index in [0.717, 1.165) is 25.0 Å². The first-order chi connectivity index (χ1) is 9.82. The van der Waals surface area contributed by atoms with Crippen molar-refractivity contribution in [3.8, 4) is 0 Å². The predicted molar refractivity (Wildman–Crippen MR) is 68.4 cm³/mol. The number of carbonyl (C=O) groups excluding carboxylic acids is 2. The molecule has 1 aromatic rings. The van der Waals surface area contributed by atoms with E-state index in [2.05, 4.69) is 4.74 Å². The maximum absolute atomic E-state index is 12.7. The number of hydrogen-bond acceptors (Lipinski definition) is 3. The van der Waals surface area contributed by atoms with Crippen molar-refractivity contribution in [2.75, 3.05) is 7.11 Å². The molecule has 1 aliphatic rings. The molecule has 1 atom stereocenters. The summed E-state index contributed by atoms with van der Waals surface area (Å²) in [5.41, 5.74) is -0.489. The molecular formula is C15H15F3O3. The first-order valence-corrected chi connectivity index (χ1v) is 6.60. The fourth-order valence-corrected chi connectivity index (χ4v) is 2.21. The van der Waals surface area contributed by atoms with Crippen LogP contribution in [0.4, 0.5) is 13.2 Å². The normalized spacial score (nSPS) is 16.4. The van der Waals surface area contributed by atoms with Crippen LogP contribution in [-0.4, -0.2) is 18.9 Å². The highest BCUT2D eigenvalue weighted by Gasteiger charge is 2.39. The second kappa shape index (κ2) is 5.87. The number of halogens is 3. The maximum atomic E-state index is 12.7. The Hall–Kier alpha value is -1.85. The van der Waals surface area contributed by atoms with Crippen LogP contribution in [0.25, 0.3) is 0 Å². The van der Waals surface area contributed by atoms with Crippen LogP contribution in [0.3, 0.4) is 0 Å². The number of ketones is 1. The lowest BCUT2D eigenvalue weighted by molar-refractivity contribution is -0.149. The van der Waals surface area contributed by atoms with E-state index in [1.54, 1.807) is 0 Å². The Balaban J connectivity index is 2.20. The van der Waals surface area contributed by atoms with Crippen LogP contribution in [-0.2, 0) is 26.9 Å². The molecule has 0 aromatic heterocycles. The van der Waals surface area contributed by atoms with Gasteiger partial charge in [0.2, 0.25) is 0 Å². The number of hydrogen-bond donors (Lipinski definition) is 0. The number of rotatable bonds is 5. The summed E-state index contributed by atoms with van der Waals surface area (Å²) in [4.78, 5) is 23.8. The molecule has 0 heterocycles. The lowest BCUT2D eigenvalue weighted by atomic mass is 9.92. The molecular weight excluding hydrogens is 285 g/mol. The Kier molecular flexibility index (Phi) is 4.34. The lowest BCUT2D eigenvalue weighted by Gasteiger charge is -2.14. The van der Waals surface area contributed by atoms with Crippen molar-refractivity contribution in [3.05, 3.63) is 35.4 Å². The summed E-state index contributed by atoms with van der Waals surface area (Å²) in [6.45, 7) is 0. The molecule has 1 aromatic carbocycles. The molecule has 0 saturated heterocycles. The van der Waals surface area contributed by atoms with Crippen molar-refractivity contribution < 1.29 is 27.5 Å². The first kappa shape index (κ1) is 15.5. The van der Waals surface area contributed by atoms with E-state index in [4.69, 9.17) is 0 Å². The SMILES string of the molecule is COC(=O)C(Cc1cccc(C(F)(F)F)c1)C(=O)C1CC1. The fourth-order valence-electron chi connectivity index (χ4n) is 2.21. The van der Waals surface area contributed by atoms with E-state index >= 15 is 0 Å². The molecule has 1 unspecified atom stereocenters. The van der Waals surface area contributed by atoms with Gasteiger partial charge in [-0.05, 0) is 30.9 Å². The van der Waals surface area contributed by atoms with Gasteiger partial charge in [0.05, 0.1) is 12.7 Å². The molecule has 0 bridgehead atoms. The fraction of sp³-hybridized carbons (Fsp3) is 0.467. The van der Waals surface area contributed by atoms with Gasteiger partial charge < -0.3 is 4.74 Å². The zero-order valence-electron chi connectivity index (χ0n) is 11.4. The minimum absolute atomic E-state index is 0.0636. The van der Waals surface area contributed by atoms with Gasteiger partial charge in [0.1, 0.15) is 5.92 Å². The zero-order chi connectivity index (χ0) is 15.6. The second-order valence-electron chi connectivity index (χ2n) is 5.15. The van der Waals surface area contributed by atoms with Gasteiger partial charge in [-0.25, -0.2) is 0 Å². The summed E-state index contributed by atoms with van der Waals surface area (Å²) in [7, 11) is 1.17. The molecule has 3 nitrogen and oxygen atoms in total.